The number of nitrogens with zero attached hydrogens (tertiary/aromatic N) is 1. The molecule has 0 unspecified atom stereocenters. The number of rotatable bonds is 5. The Balaban J connectivity index is 1.90. The fourth-order valence-electron chi connectivity index (χ4n) is 1.62. The maximum absolute atomic E-state index is 11.9. The number of hydrogen-bond donors (Lipinski definition) is 1. The van der Waals surface area contributed by atoms with Gasteiger partial charge < -0.3 is 10.1 Å². The maximum Gasteiger partial charge on any atom is 0.311 e. The maximum atomic E-state index is 11.9. The smallest absolute Gasteiger partial charge is 0.311 e. The molecule has 21 heavy (non-hydrogen) atoms. The highest BCUT2D eigenvalue weighted by Crippen LogP contribution is 2.17. The zero-order valence-electron chi connectivity index (χ0n) is 11.3. The van der Waals surface area contributed by atoms with Crippen LogP contribution in [0.2, 0.25) is 5.02 Å². The summed E-state index contributed by atoms with van der Waals surface area (Å²) in [7, 11) is 1.32. The van der Waals surface area contributed by atoms with Crippen LogP contribution in [0.1, 0.15) is 11.3 Å². The van der Waals surface area contributed by atoms with Crippen LogP contribution in [0.15, 0.2) is 29.6 Å². The second-order valence-corrected chi connectivity index (χ2v) is 5.54. The van der Waals surface area contributed by atoms with Gasteiger partial charge in [0.2, 0.25) is 5.91 Å². The van der Waals surface area contributed by atoms with Crippen LogP contribution in [0, 0.1) is 0 Å². The first kappa shape index (κ1) is 15.5. The minimum Gasteiger partial charge on any atom is -0.469 e. The highest BCUT2D eigenvalue weighted by Gasteiger charge is 2.10. The van der Waals surface area contributed by atoms with E-state index in [4.69, 9.17) is 11.6 Å². The molecule has 0 saturated heterocycles. The van der Waals surface area contributed by atoms with E-state index in [2.05, 4.69) is 15.0 Å². The van der Waals surface area contributed by atoms with Crippen molar-refractivity contribution in [1.29, 1.82) is 0 Å². The second-order valence-electron chi connectivity index (χ2n) is 4.25. The number of amides is 1. The molecule has 1 aromatic carbocycles. The van der Waals surface area contributed by atoms with Crippen LogP contribution in [-0.4, -0.2) is 24.0 Å². The second kappa shape index (κ2) is 7.19. The molecule has 0 aliphatic heterocycles. The van der Waals surface area contributed by atoms with Gasteiger partial charge in [-0.25, -0.2) is 4.98 Å². The summed E-state index contributed by atoms with van der Waals surface area (Å²) in [5.41, 5.74) is 1.44. The molecule has 1 heterocycles. The standard InChI is InChI=1S/C14H13ClN2O3S/c1-20-13(19)7-11-8-21-14(16-11)17-12(18)6-9-2-4-10(15)5-3-9/h2-5,8H,6-7H2,1H3,(H,16,17,18). The first-order valence-corrected chi connectivity index (χ1v) is 7.38. The number of benzene rings is 1. The molecule has 1 N–H and O–H groups in total. The Morgan fingerprint density at radius 3 is 2.67 bits per heavy atom. The Morgan fingerprint density at radius 1 is 1.29 bits per heavy atom. The summed E-state index contributed by atoms with van der Waals surface area (Å²) in [5.74, 6) is -0.532. The molecule has 0 fully saturated rings. The Kier molecular flexibility index (Phi) is 5.30. The van der Waals surface area contributed by atoms with Crippen molar-refractivity contribution in [2.24, 2.45) is 0 Å². The summed E-state index contributed by atoms with van der Waals surface area (Å²) >= 11 is 7.06. The van der Waals surface area contributed by atoms with Crippen LogP contribution < -0.4 is 5.32 Å². The minimum atomic E-state index is -0.362. The number of ether oxygens (including phenoxy) is 1. The number of methoxy groups -OCH3 is 1. The zero-order valence-corrected chi connectivity index (χ0v) is 12.8. The molecule has 7 heteroatoms. The Labute approximate surface area is 130 Å². The van der Waals surface area contributed by atoms with Crippen molar-refractivity contribution < 1.29 is 14.3 Å². The lowest BCUT2D eigenvalue weighted by atomic mass is 10.1. The number of carbonyl (C=O) groups is 2. The van der Waals surface area contributed by atoms with E-state index in [9.17, 15) is 9.59 Å². The van der Waals surface area contributed by atoms with Crippen LogP contribution in [0.5, 0.6) is 0 Å². The largest absolute Gasteiger partial charge is 0.469 e. The van der Waals surface area contributed by atoms with Crippen molar-refractivity contribution in [1.82, 2.24) is 4.98 Å². The third-order valence-corrected chi connectivity index (χ3v) is 3.69. The molecule has 0 aliphatic carbocycles. The van der Waals surface area contributed by atoms with Crippen molar-refractivity contribution in [2.75, 3.05) is 12.4 Å². The van der Waals surface area contributed by atoms with E-state index in [-0.39, 0.29) is 24.7 Å². The SMILES string of the molecule is COC(=O)Cc1csc(NC(=O)Cc2ccc(Cl)cc2)n1. The van der Waals surface area contributed by atoms with Crippen LogP contribution in [0.3, 0.4) is 0 Å². The molecule has 5 nitrogen and oxygen atoms in total. The summed E-state index contributed by atoms with van der Waals surface area (Å²) in [6.07, 6.45) is 0.336. The van der Waals surface area contributed by atoms with Gasteiger partial charge in [-0.3, -0.25) is 9.59 Å². The van der Waals surface area contributed by atoms with Gasteiger partial charge in [0.15, 0.2) is 5.13 Å². The highest BCUT2D eigenvalue weighted by molar-refractivity contribution is 7.13. The lowest BCUT2D eigenvalue weighted by Gasteiger charge is -2.02. The van der Waals surface area contributed by atoms with Crippen LogP contribution in [-0.2, 0) is 27.2 Å². The molecular formula is C14H13ClN2O3S. The number of thiazole rings is 1. The highest BCUT2D eigenvalue weighted by atomic mass is 35.5. The van der Waals surface area contributed by atoms with Crippen molar-refractivity contribution in [3.8, 4) is 0 Å². The van der Waals surface area contributed by atoms with Gasteiger partial charge in [0.05, 0.1) is 25.6 Å². The van der Waals surface area contributed by atoms with Crippen LogP contribution in [0.25, 0.3) is 0 Å². The number of hydrogen-bond acceptors (Lipinski definition) is 5. The van der Waals surface area contributed by atoms with E-state index < -0.39 is 0 Å². The van der Waals surface area contributed by atoms with E-state index in [0.717, 1.165) is 5.56 Å². The van der Waals surface area contributed by atoms with Crippen LogP contribution >= 0.6 is 22.9 Å². The Hall–Kier alpha value is -1.92. The summed E-state index contributed by atoms with van der Waals surface area (Å²) in [6.45, 7) is 0. The number of anilines is 1. The van der Waals surface area contributed by atoms with Crippen molar-refractivity contribution >= 4 is 39.9 Å². The molecule has 0 aliphatic rings. The van der Waals surface area contributed by atoms with E-state index in [1.807, 2.05) is 0 Å². The number of aromatic nitrogens is 1. The van der Waals surface area contributed by atoms with E-state index >= 15 is 0 Å². The zero-order chi connectivity index (χ0) is 15.2. The third-order valence-electron chi connectivity index (χ3n) is 2.63. The minimum absolute atomic E-state index is 0.0973. The molecular weight excluding hydrogens is 312 g/mol. The first-order valence-electron chi connectivity index (χ1n) is 6.12. The van der Waals surface area contributed by atoms with Gasteiger partial charge >= 0.3 is 5.97 Å². The van der Waals surface area contributed by atoms with Crippen molar-refractivity contribution in [3.63, 3.8) is 0 Å². The molecule has 2 aromatic rings. The summed E-state index contributed by atoms with van der Waals surface area (Å²) in [4.78, 5) is 27.2. The number of carbonyl (C=O) groups excluding carboxylic acids is 2. The number of esters is 1. The molecule has 1 aromatic heterocycles. The van der Waals surface area contributed by atoms with E-state index in [1.54, 1.807) is 29.6 Å². The fraction of sp³-hybridized carbons (Fsp3) is 0.214. The number of nitrogens with one attached hydrogen (secondary N) is 1. The average Bonchev–Trinajstić information content (AvgIpc) is 2.88. The van der Waals surface area contributed by atoms with E-state index in [0.29, 0.717) is 15.8 Å². The third kappa shape index (κ3) is 4.84. The molecule has 0 radical (unpaired) electrons. The average molecular weight is 325 g/mol. The quantitative estimate of drug-likeness (QED) is 0.859. The normalized spacial score (nSPS) is 10.2. The lowest BCUT2D eigenvalue weighted by molar-refractivity contribution is -0.139. The molecule has 110 valence electrons. The predicted octanol–water partition coefficient (Wildman–Crippen LogP) is 2.69. The predicted molar refractivity (Wildman–Crippen MR) is 81.6 cm³/mol. The molecule has 0 atom stereocenters. The molecule has 0 spiro atoms. The van der Waals surface area contributed by atoms with Gasteiger partial charge in [-0.2, -0.15) is 0 Å². The van der Waals surface area contributed by atoms with Gasteiger partial charge in [0.1, 0.15) is 0 Å². The summed E-state index contributed by atoms with van der Waals surface area (Å²) in [6, 6.07) is 7.07. The number of halogens is 1. The van der Waals surface area contributed by atoms with Crippen LogP contribution in [0.4, 0.5) is 5.13 Å². The molecule has 2 rings (SSSR count). The van der Waals surface area contributed by atoms with E-state index in [1.165, 1.54) is 18.4 Å². The summed E-state index contributed by atoms with van der Waals surface area (Å²) in [5, 5.41) is 5.51. The van der Waals surface area contributed by atoms with Gasteiger partial charge in [0.25, 0.3) is 0 Å². The fourth-order valence-corrected chi connectivity index (χ4v) is 2.47. The van der Waals surface area contributed by atoms with Gasteiger partial charge in [0, 0.05) is 10.4 Å². The Morgan fingerprint density at radius 2 is 2.00 bits per heavy atom. The molecule has 1 amide bonds. The lowest BCUT2D eigenvalue weighted by Crippen LogP contribution is -2.14. The first-order chi connectivity index (χ1) is 10.1. The van der Waals surface area contributed by atoms with Gasteiger partial charge in [-0.05, 0) is 17.7 Å². The topological polar surface area (TPSA) is 68.3 Å². The summed E-state index contributed by atoms with van der Waals surface area (Å²) < 4.78 is 4.56. The molecule has 0 bridgehead atoms. The Bertz CT molecular complexity index is 640. The van der Waals surface area contributed by atoms with Crippen molar-refractivity contribution in [2.45, 2.75) is 12.8 Å². The molecule has 0 saturated carbocycles. The van der Waals surface area contributed by atoms with Gasteiger partial charge in [-0.15, -0.1) is 11.3 Å². The monoisotopic (exact) mass is 324 g/mol. The van der Waals surface area contributed by atoms with Crippen molar-refractivity contribution in [3.05, 3.63) is 45.9 Å². The van der Waals surface area contributed by atoms with Gasteiger partial charge in [-0.1, -0.05) is 23.7 Å².